The minimum absolute atomic E-state index is 0.0228. The molecule has 18 heavy (non-hydrogen) atoms. The molecule has 1 aliphatic heterocycles. The molecule has 1 fully saturated rings. The van der Waals surface area contributed by atoms with Crippen molar-refractivity contribution in [1.29, 1.82) is 0 Å². The maximum Gasteiger partial charge on any atom is 0.248 e. The molecule has 1 unspecified atom stereocenters. The lowest BCUT2D eigenvalue weighted by molar-refractivity contribution is -0.113. The van der Waals surface area contributed by atoms with E-state index in [1.165, 1.54) is 11.8 Å². The molecule has 0 radical (unpaired) electrons. The zero-order chi connectivity index (χ0) is 13.2. The first kappa shape index (κ1) is 13.3. The number of rotatable bonds is 4. The molecule has 7 nitrogen and oxygen atoms in total. The number of aromatic nitrogens is 3. The van der Waals surface area contributed by atoms with Gasteiger partial charge in [0.05, 0.1) is 17.3 Å². The standard InChI is InChI=1S/C9H14N4O3S2/c1-6-10-9(13-12-6)11-8(14)4-17-7-2-3-18(15,16)5-7/h7H,2-5H2,1H3,(H2,10,11,12,13,14). The first-order valence-corrected chi connectivity index (χ1v) is 8.32. The van der Waals surface area contributed by atoms with E-state index >= 15 is 0 Å². The third kappa shape index (κ3) is 3.70. The van der Waals surface area contributed by atoms with E-state index in [0.29, 0.717) is 12.2 Å². The highest BCUT2D eigenvalue weighted by molar-refractivity contribution is 8.02. The average molecular weight is 290 g/mol. The Labute approximate surface area is 109 Å². The monoisotopic (exact) mass is 290 g/mol. The summed E-state index contributed by atoms with van der Waals surface area (Å²) in [5.74, 6) is 1.27. The van der Waals surface area contributed by atoms with Gasteiger partial charge in [-0.1, -0.05) is 0 Å². The Bertz CT molecular complexity index is 540. The molecule has 1 amide bonds. The quantitative estimate of drug-likeness (QED) is 0.807. The fourth-order valence-corrected chi connectivity index (χ4v) is 5.09. The molecular formula is C9H14N4O3S2. The number of aryl methyl sites for hydroxylation is 1. The smallest absolute Gasteiger partial charge is 0.248 e. The Balaban J connectivity index is 1.76. The SMILES string of the molecule is Cc1nc(NC(=O)CSC2CCS(=O)(=O)C2)n[nH]1. The molecule has 1 aromatic rings. The number of hydrogen-bond donors (Lipinski definition) is 2. The normalized spacial score (nSPS) is 21.9. The van der Waals surface area contributed by atoms with Crippen molar-refractivity contribution >= 4 is 33.5 Å². The van der Waals surface area contributed by atoms with Crippen molar-refractivity contribution in [3.05, 3.63) is 5.82 Å². The first-order chi connectivity index (χ1) is 8.44. The Kier molecular flexibility index (Phi) is 3.91. The van der Waals surface area contributed by atoms with E-state index in [9.17, 15) is 13.2 Å². The number of amides is 1. The number of H-pyrrole nitrogens is 1. The van der Waals surface area contributed by atoms with Gasteiger partial charge >= 0.3 is 0 Å². The predicted molar refractivity (Wildman–Crippen MR) is 69.3 cm³/mol. The van der Waals surface area contributed by atoms with Crippen LogP contribution in [0.25, 0.3) is 0 Å². The van der Waals surface area contributed by atoms with E-state index in [1.54, 1.807) is 6.92 Å². The molecular weight excluding hydrogens is 276 g/mol. The summed E-state index contributed by atoms with van der Waals surface area (Å²) in [5.41, 5.74) is 0. The van der Waals surface area contributed by atoms with Crippen LogP contribution in [0.3, 0.4) is 0 Å². The van der Waals surface area contributed by atoms with Crippen LogP contribution in [0, 0.1) is 6.92 Å². The molecule has 2 heterocycles. The van der Waals surface area contributed by atoms with Gasteiger partial charge in [0.2, 0.25) is 11.9 Å². The summed E-state index contributed by atoms with van der Waals surface area (Å²) in [6, 6.07) is 0. The molecule has 2 N–H and O–H groups in total. The van der Waals surface area contributed by atoms with E-state index in [4.69, 9.17) is 0 Å². The molecule has 9 heteroatoms. The van der Waals surface area contributed by atoms with Crippen LogP contribution < -0.4 is 5.32 Å². The number of hydrogen-bond acceptors (Lipinski definition) is 6. The molecule has 1 saturated heterocycles. The van der Waals surface area contributed by atoms with Crippen molar-refractivity contribution in [2.24, 2.45) is 0 Å². The van der Waals surface area contributed by atoms with Crippen molar-refractivity contribution in [2.75, 3.05) is 22.6 Å². The van der Waals surface area contributed by atoms with Crippen molar-refractivity contribution in [1.82, 2.24) is 15.2 Å². The highest BCUT2D eigenvalue weighted by Gasteiger charge is 2.28. The Hall–Kier alpha value is -1.09. The lowest BCUT2D eigenvalue weighted by Gasteiger charge is -2.06. The largest absolute Gasteiger partial charge is 0.293 e. The number of aromatic amines is 1. The Morgan fingerprint density at radius 3 is 2.94 bits per heavy atom. The molecule has 2 rings (SSSR count). The summed E-state index contributed by atoms with van der Waals surface area (Å²) in [4.78, 5) is 15.5. The van der Waals surface area contributed by atoms with Gasteiger partial charge in [0, 0.05) is 5.25 Å². The van der Waals surface area contributed by atoms with Gasteiger partial charge in [-0.3, -0.25) is 15.2 Å². The van der Waals surface area contributed by atoms with Crippen LogP contribution >= 0.6 is 11.8 Å². The number of sulfone groups is 1. The fourth-order valence-electron chi connectivity index (χ4n) is 1.65. The van der Waals surface area contributed by atoms with Crippen LogP contribution in [0.1, 0.15) is 12.2 Å². The molecule has 0 aliphatic carbocycles. The van der Waals surface area contributed by atoms with Crippen LogP contribution in [-0.2, 0) is 14.6 Å². The van der Waals surface area contributed by atoms with Crippen LogP contribution in [0.15, 0.2) is 0 Å². The van der Waals surface area contributed by atoms with Gasteiger partial charge in [-0.15, -0.1) is 16.9 Å². The predicted octanol–water partition coefficient (Wildman–Crippen LogP) is -0.0281. The summed E-state index contributed by atoms with van der Waals surface area (Å²) < 4.78 is 22.5. The van der Waals surface area contributed by atoms with E-state index in [1.807, 2.05) is 0 Å². The maximum absolute atomic E-state index is 11.6. The van der Waals surface area contributed by atoms with E-state index in [2.05, 4.69) is 20.5 Å². The van der Waals surface area contributed by atoms with Gasteiger partial charge in [-0.25, -0.2) is 8.42 Å². The van der Waals surface area contributed by atoms with E-state index < -0.39 is 9.84 Å². The van der Waals surface area contributed by atoms with Gasteiger partial charge in [0.25, 0.3) is 0 Å². The Morgan fingerprint density at radius 1 is 1.61 bits per heavy atom. The summed E-state index contributed by atoms with van der Waals surface area (Å²) in [6.45, 7) is 1.74. The summed E-state index contributed by atoms with van der Waals surface area (Å²) >= 11 is 1.36. The zero-order valence-corrected chi connectivity index (χ0v) is 11.5. The first-order valence-electron chi connectivity index (χ1n) is 5.45. The third-order valence-corrected chi connectivity index (χ3v) is 5.77. The van der Waals surface area contributed by atoms with Gasteiger partial charge in [-0.2, -0.15) is 4.98 Å². The number of carbonyl (C=O) groups is 1. The van der Waals surface area contributed by atoms with Crippen molar-refractivity contribution in [3.63, 3.8) is 0 Å². The maximum atomic E-state index is 11.6. The Morgan fingerprint density at radius 2 is 2.39 bits per heavy atom. The second-order valence-electron chi connectivity index (χ2n) is 4.13. The molecule has 0 bridgehead atoms. The molecule has 0 saturated carbocycles. The van der Waals surface area contributed by atoms with Gasteiger partial charge in [0.1, 0.15) is 5.82 Å². The number of anilines is 1. The molecule has 100 valence electrons. The number of nitrogens with zero attached hydrogens (tertiary/aromatic N) is 2. The minimum atomic E-state index is -2.88. The second-order valence-corrected chi connectivity index (χ2v) is 7.65. The third-order valence-electron chi connectivity index (χ3n) is 2.49. The van der Waals surface area contributed by atoms with Crippen LogP contribution in [0.4, 0.5) is 5.95 Å². The van der Waals surface area contributed by atoms with Gasteiger partial charge < -0.3 is 0 Å². The lowest BCUT2D eigenvalue weighted by atomic mass is 10.4. The topological polar surface area (TPSA) is 105 Å². The number of nitrogens with one attached hydrogen (secondary N) is 2. The number of carbonyl (C=O) groups excluding carboxylic acids is 1. The molecule has 0 spiro atoms. The molecule has 0 aromatic carbocycles. The second kappa shape index (κ2) is 5.27. The zero-order valence-electron chi connectivity index (χ0n) is 9.84. The van der Waals surface area contributed by atoms with Crippen molar-refractivity contribution < 1.29 is 13.2 Å². The van der Waals surface area contributed by atoms with E-state index in [-0.39, 0.29) is 34.4 Å². The van der Waals surface area contributed by atoms with Crippen molar-refractivity contribution in [3.8, 4) is 0 Å². The number of thioether (sulfide) groups is 1. The lowest BCUT2D eigenvalue weighted by Crippen LogP contribution is -2.18. The summed E-state index contributed by atoms with van der Waals surface area (Å²) in [6.07, 6.45) is 0.625. The molecule has 1 aromatic heterocycles. The van der Waals surface area contributed by atoms with Gasteiger partial charge in [-0.05, 0) is 13.3 Å². The van der Waals surface area contributed by atoms with Gasteiger partial charge in [0.15, 0.2) is 9.84 Å². The molecule has 1 atom stereocenters. The fraction of sp³-hybridized carbons (Fsp3) is 0.667. The van der Waals surface area contributed by atoms with E-state index in [0.717, 1.165) is 0 Å². The van der Waals surface area contributed by atoms with Crippen molar-refractivity contribution in [2.45, 2.75) is 18.6 Å². The summed E-state index contributed by atoms with van der Waals surface area (Å²) in [7, 11) is -2.88. The minimum Gasteiger partial charge on any atom is -0.293 e. The average Bonchev–Trinajstić information content (AvgIpc) is 2.82. The van der Waals surface area contributed by atoms with Crippen LogP contribution in [0.2, 0.25) is 0 Å². The van der Waals surface area contributed by atoms with Crippen LogP contribution in [-0.4, -0.2) is 52.0 Å². The highest BCUT2D eigenvalue weighted by Crippen LogP contribution is 2.24. The summed E-state index contributed by atoms with van der Waals surface area (Å²) in [5, 5.41) is 8.97. The molecule has 1 aliphatic rings. The van der Waals surface area contributed by atoms with Crippen LogP contribution in [0.5, 0.6) is 0 Å². The highest BCUT2D eigenvalue weighted by atomic mass is 32.2.